The van der Waals surface area contributed by atoms with Gasteiger partial charge in [-0.25, -0.2) is 13.1 Å². The second-order valence-electron chi connectivity index (χ2n) is 5.69. The van der Waals surface area contributed by atoms with Crippen molar-refractivity contribution < 1.29 is 17.9 Å². The first-order chi connectivity index (χ1) is 12.8. The molecule has 146 valence electrons. The molecule has 0 fully saturated rings. The fourth-order valence-corrected chi connectivity index (χ4v) is 4.06. The number of unbranched alkanes of at least 4 members (excludes halogenated alkanes) is 1. The third-order valence-electron chi connectivity index (χ3n) is 3.50. The highest BCUT2D eigenvalue weighted by Gasteiger charge is 2.14. The second kappa shape index (κ2) is 10.1. The van der Waals surface area contributed by atoms with Crippen molar-refractivity contribution >= 4 is 49.1 Å². The first kappa shape index (κ1) is 21.7. The second-order valence-corrected chi connectivity index (χ2v) is 8.75. The molecular formula is C18H20BrClN2O4S. The van der Waals surface area contributed by atoms with E-state index in [9.17, 15) is 13.2 Å². The standard InChI is InChI=1S/C18H20BrClN2O4S/c1-2-3-9-21-27(24,25)15-6-4-5-14(11-15)22-18(23)12-26-17-8-7-13(20)10-16(17)19/h4-8,10-11,21H,2-3,9,12H2,1H3,(H,22,23). The van der Waals surface area contributed by atoms with E-state index >= 15 is 0 Å². The molecule has 0 aromatic heterocycles. The number of amides is 1. The third kappa shape index (κ3) is 6.80. The summed E-state index contributed by atoms with van der Waals surface area (Å²) in [5, 5.41) is 3.17. The third-order valence-corrected chi connectivity index (χ3v) is 5.82. The molecule has 0 aliphatic carbocycles. The smallest absolute Gasteiger partial charge is 0.262 e. The van der Waals surface area contributed by atoms with Crippen LogP contribution in [0.15, 0.2) is 51.8 Å². The highest BCUT2D eigenvalue weighted by atomic mass is 79.9. The molecule has 0 aliphatic heterocycles. The average molecular weight is 476 g/mol. The Hall–Kier alpha value is -1.61. The zero-order valence-corrected chi connectivity index (χ0v) is 17.8. The molecule has 0 bridgehead atoms. The van der Waals surface area contributed by atoms with E-state index in [1.54, 1.807) is 30.3 Å². The molecule has 0 heterocycles. The van der Waals surface area contributed by atoms with Crippen molar-refractivity contribution in [3.8, 4) is 5.75 Å². The molecule has 0 unspecified atom stereocenters. The fourth-order valence-electron chi connectivity index (χ4n) is 2.14. The Kier molecular flexibility index (Phi) is 8.09. The minimum atomic E-state index is -3.61. The van der Waals surface area contributed by atoms with E-state index in [-0.39, 0.29) is 11.5 Å². The van der Waals surface area contributed by atoms with Crippen molar-refractivity contribution in [3.63, 3.8) is 0 Å². The van der Waals surface area contributed by atoms with Crippen molar-refractivity contribution in [1.82, 2.24) is 4.72 Å². The summed E-state index contributed by atoms with van der Waals surface area (Å²) in [4.78, 5) is 12.2. The molecule has 0 saturated heterocycles. The zero-order valence-electron chi connectivity index (χ0n) is 14.7. The fraction of sp³-hybridized carbons (Fsp3) is 0.278. The molecule has 0 aliphatic rings. The Labute approximate surface area is 172 Å². The van der Waals surface area contributed by atoms with Crippen LogP contribution in [0.25, 0.3) is 0 Å². The van der Waals surface area contributed by atoms with Crippen LogP contribution >= 0.6 is 27.5 Å². The van der Waals surface area contributed by atoms with Gasteiger partial charge in [-0.2, -0.15) is 0 Å². The van der Waals surface area contributed by atoms with Gasteiger partial charge in [0.15, 0.2) is 6.61 Å². The van der Waals surface area contributed by atoms with Crippen LogP contribution < -0.4 is 14.8 Å². The number of carbonyl (C=O) groups is 1. The minimum Gasteiger partial charge on any atom is -0.483 e. The summed E-state index contributed by atoms with van der Waals surface area (Å²) in [5.74, 6) is 0.0661. The molecule has 6 nitrogen and oxygen atoms in total. The summed E-state index contributed by atoms with van der Waals surface area (Å²) in [7, 11) is -3.61. The van der Waals surface area contributed by atoms with Gasteiger partial charge in [-0.3, -0.25) is 4.79 Å². The van der Waals surface area contributed by atoms with Gasteiger partial charge >= 0.3 is 0 Å². The van der Waals surface area contributed by atoms with Gasteiger partial charge < -0.3 is 10.1 Å². The summed E-state index contributed by atoms with van der Waals surface area (Å²) in [6.45, 7) is 2.13. The summed E-state index contributed by atoms with van der Waals surface area (Å²) >= 11 is 9.17. The maximum Gasteiger partial charge on any atom is 0.262 e. The van der Waals surface area contributed by atoms with Gasteiger partial charge in [0.2, 0.25) is 10.0 Å². The maximum absolute atomic E-state index is 12.3. The lowest BCUT2D eigenvalue weighted by Gasteiger charge is -2.11. The monoisotopic (exact) mass is 474 g/mol. The number of nitrogens with one attached hydrogen (secondary N) is 2. The molecule has 0 atom stereocenters. The van der Waals surface area contributed by atoms with E-state index < -0.39 is 15.9 Å². The Bertz CT molecular complexity index is 906. The van der Waals surface area contributed by atoms with Crippen LogP contribution in [0.4, 0.5) is 5.69 Å². The van der Waals surface area contributed by atoms with Gasteiger partial charge in [0.05, 0.1) is 9.37 Å². The van der Waals surface area contributed by atoms with Crippen LogP contribution in [-0.4, -0.2) is 27.5 Å². The number of hydrogen-bond acceptors (Lipinski definition) is 4. The predicted molar refractivity (Wildman–Crippen MR) is 110 cm³/mol. The maximum atomic E-state index is 12.3. The van der Waals surface area contributed by atoms with Crippen molar-refractivity contribution in [2.24, 2.45) is 0 Å². The van der Waals surface area contributed by atoms with Gasteiger partial charge in [-0.15, -0.1) is 0 Å². The van der Waals surface area contributed by atoms with Gasteiger partial charge in [0, 0.05) is 17.3 Å². The SMILES string of the molecule is CCCCNS(=O)(=O)c1cccc(NC(=O)COc2ccc(Cl)cc2Br)c1. The highest BCUT2D eigenvalue weighted by molar-refractivity contribution is 9.10. The zero-order chi connectivity index (χ0) is 19.9. The molecule has 2 N–H and O–H groups in total. The number of ether oxygens (including phenoxy) is 1. The van der Waals surface area contributed by atoms with Crippen LogP contribution in [0.5, 0.6) is 5.75 Å². The topological polar surface area (TPSA) is 84.5 Å². The lowest BCUT2D eigenvalue weighted by Crippen LogP contribution is -2.25. The van der Waals surface area contributed by atoms with Gasteiger partial charge in [-0.05, 0) is 58.7 Å². The van der Waals surface area contributed by atoms with Crippen LogP contribution in [-0.2, 0) is 14.8 Å². The van der Waals surface area contributed by atoms with E-state index in [1.807, 2.05) is 6.92 Å². The van der Waals surface area contributed by atoms with Crippen molar-refractivity contribution in [2.75, 3.05) is 18.5 Å². The van der Waals surface area contributed by atoms with E-state index in [0.717, 1.165) is 12.8 Å². The number of halogens is 2. The van der Waals surface area contributed by atoms with E-state index in [0.29, 0.717) is 27.5 Å². The molecule has 27 heavy (non-hydrogen) atoms. The van der Waals surface area contributed by atoms with Crippen LogP contribution in [0.2, 0.25) is 5.02 Å². The molecule has 0 radical (unpaired) electrons. The van der Waals surface area contributed by atoms with Crippen molar-refractivity contribution in [1.29, 1.82) is 0 Å². The molecule has 0 saturated carbocycles. The Morgan fingerprint density at radius 3 is 2.70 bits per heavy atom. The number of hydrogen-bond donors (Lipinski definition) is 2. The van der Waals surface area contributed by atoms with Crippen LogP contribution in [0.3, 0.4) is 0 Å². The van der Waals surface area contributed by atoms with Gasteiger partial charge in [-0.1, -0.05) is 31.0 Å². The summed E-state index contributed by atoms with van der Waals surface area (Å²) in [5.41, 5.74) is 0.372. The quantitative estimate of drug-likeness (QED) is 0.532. The number of rotatable bonds is 9. The molecular weight excluding hydrogens is 456 g/mol. The summed E-state index contributed by atoms with van der Waals surface area (Å²) in [6.07, 6.45) is 1.65. The largest absolute Gasteiger partial charge is 0.483 e. The van der Waals surface area contributed by atoms with Crippen LogP contribution in [0.1, 0.15) is 19.8 Å². The predicted octanol–water partition coefficient (Wildman–Crippen LogP) is 4.20. The molecule has 2 aromatic rings. The lowest BCUT2D eigenvalue weighted by molar-refractivity contribution is -0.118. The van der Waals surface area contributed by atoms with E-state index in [1.165, 1.54) is 12.1 Å². The summed E-state index contributed by atoms with van der Waals surface area (Å²) < 4.78 is 33.1. The van der Waals surface area contributed by atoms with E-state index in [4.69, 9.17) is 16.3 Å². The average Bonchev–Trinajstić information content (AvgIpc) is 2.61. The first-order valence-corrected chi connectivity index (χ1v) is 10.9. The summed E-state index contributed by atoms with van der Waals surface area (Å²) in [6, 6.07) is 11.0. The molecule has 0 spiro atoms. The molecule has 2 rings (SSSR count). The van der Waals surface area contributed by atoms with E-state index in [2.05, 4.69) is 26.0 Å². The molecule has 9 heteroatoms. The van der Waals surface area contributed by atoms with Crippen LogP contribution in [0, 0.1) is 0 Å². The minimum absolute atomic E-state index is 0.0952. The number of sulfonamides is 1. The lowest BCUT2D eigenvalue weighted by atomic mass is 10.3. The number of anilines is 1. The van der Waals surface area contributed by atoms with Gasteiger partial charge in [0.1, 0.15) is 5.75 Å². The van der Waals surface area contributed by atoms with Crippen molar-refractivity contribution in [3.05, 3.63) is 52.0 Å². The first-order valence-electron chi connectivity index (χ1n) is 8.29. The number of benzene rings is 2. The normalized spacial score (nSPS) is 11.2. The Balaban J connectivity index is 1.97. The Morgan fingerprint density at radius 1 is 1.22 bits per heavy atom. The van der Waals surface area contributed by atoms with Crippen molar-refractivity contribution in [2.45, 2.75) is 24.7 Å². The van der Waals surface area contributed by atoms with Gasteiger partial charge in [0.25, 0.3) is 5.91 Å². The molecule has 1 amide bonds. The molecule has 2 aromatic carbocycles. The number of carbonyl (C=O) groups excluding carboxylic acids is 1. The Morgan fingerprint density at radius 2 is 2.00 bits per heavy atom. The highest BCUT2D eigenvalue weighted by Crippen LogP contribution is 2.28.